The molecule has 5 heteroatoms. The Morgan fingerprint density at radius 1 is 1.56 bits per heavy atom. The van der Waals surface area contributed by atoms with Gasteiger partial charge >= 0.3 is 0 Å². The van der Waals surface area contributed by atoms with Gasteiger partial charge in [-0.05, 0) is 31.4 Å². The van der Waals surface area contributed by atoms with E-state index in [1.165, 1.54) is 6.20 Å². The van der Waals surface area contributed by atoms with E-state index >= 15 is 0 Å². The van der Waals surface area contributed by atoms with Crippen molar-refractivity contribution in [3.8, 4) is 0 Å². The molecule has 1 aliphatic rings. The molecule has 1 saturated carbocycles. The Bertz CT molecular complexity index is 387. The molecule has 0 bridgehead atoms. The lowest BCUT2D eigenvalue weighted by Gasteiger charge is -2.36. The highest BCUT2D eigenvalue weighted by Crippen LogP contribution is 2.30. The summed E-state index contributed by atoms with van der Waals surface area (Å²) in [6.45, 7) is 0.300. The summed E-state index contributed by atoms with van der Waals surface area (Å²) in [6, 6.07) is 3.17. The Morgan fingerprint density at radius 2 is 2.31 bits per heavy atom. The van der Waals surface area contributed by atoms with Gasteiger partial charge in [0.05, 0.1) is 11.2 Å². The van der Waals surface area contributed by atoms with Crippen LogP contribution in [-0.2, 0) is 0 Å². The third-order valence-corrected chi connectivity index (χ3v) is 3.08. The van der Waals surface area contributed by atoms with Crippen LogP contribution < -0.4 is 5.32 Å². The van der Waals surface area contributed by atoms with E-state index in [2.05, 4.69) is 10.3 Å². The SMILES string of the molecule is O=C(NCC1(O)CCC1)c1ccc(Cl)nc1. The summed E-state index contributed by atoms with van der Waals surface area (Å²) >= 11 is 5.61. The van der Waals surface area contributed by atoms with Gasteiger partial charge in [0.1, 0.15) is 5.15 Å². The smallest absolute Gasteiger partial charge is 0.252 e. The van der Waals surface area contributed by atoms with E-state index in [-0.39, 0.29) is 5.91 Å². The first-order valence-electron chi connectivity index (χ1n) is 5.21. The minimum atomic E-state index is -0.699. The summed E-state index contributed by atoms with van der Waals surface area (Å²) in [7, 11) is 0. The van der Waals surface area contributed by atoms with E-state index < -0.39 is 5.60 Å². The molecule has 0 spiro atoms. The van der Waals surface area contributed by atoms with Crippen LogP contribution in [0.25, 0.3) is 0 Å². The van der Waals surface area contributed by atoms with Crippen LogP contribution in [0.5, 0.6) is 0 Å². The number of carbonyl (C=O) groups excluding carboxylic acids is 1. The fraction of sp³-hybridized carbons (Fsp3) is 0.455. The van der Waals surface area contributed by atoms with E-state index in [0.717, 1.165) is 19.3 Å². The van der Waals surface area contributed by atoms with Crippen LogP contribution in [0, 0.1) is 0 Å². The summed E-state index contributed by atoms with van der Waals surface area (Å²) in [5.41, 5.74) is -0.248. The zero-order valence-electron chi connectivity index (χ0n) is 8.74. The number of rotatable bonds is 3. The van der Waals surface area contributed by atoms with Crippen LogP contribution in [0.15, 0.2) is 18.3 Å². The van der Waals surface area contributed by atoms with Crippen molar-refractivity contribution in [2.45, 2.75) is 24.9 Å². The lowest BCUT2D eigenvalue weighted by molar-refractivity contribution is -0.0300. The van der Waals surface area contributed by atoms with Gasteiger partial charge in [0.25, 0.3) is 5.91 Å². The molecule has 2 rings (SSSR count). The first-order valence-corrected chi connectivity index (χ1v) is 5.59. The molecule has 86 valence electrons. The second-order valence-corrected chi connectivity index (χ2v) is 4.52. The van der Waals surface area contributed by atoms with E-state index in [4.69, 9.17) is 11.6 Å². The Morgan fingerprint density at radius 3 is 2.81 bits per heavy atom. The topological polar surface area (TPSA) is 62.2 Å². The highest BCUT2D eigenvalue weighted by Gasteiger charge is 2.34. The third kappa shape index (κ3) is 2.51. The van der Waals surface area contributed by atoms with E-state index in [1.54, 1.807) is 12.1 Å². The van der Waals surface area contributed by atoms with Crippen molar-refractivity contribution in [3.05, 3.63) is 29.0 Å². The molecule has 0 aliphatic heterocycles. The van der Waals surface area contributed by atoms with Crippen molar-refractivity contribution < 1.29 is 9.90 Å². The normalized spacial score (nSPS) is 17.6. The quantitative estimate of drug-likeness (QED) is 0.785. The van der Waals surface area contributed by atoms with Crippen molar-refractivity contribution in [2.75, 3.05) is 6.54 Å². The first-order chi connectivity index (χ1) is 7.59. The Labute approximate surface area is 98.6 Å². The standard InChI is InChI=1S/C11H13ClN2O2/c12-9-3-2-8(6-13-9)10(15)14-7-11(16)4-1-5-11/h2-3,6,16H,1,4-5,7H2,(H,14,15). The number of aromatic nitrogens is 1. The zero-order valence-corrected chi connectivity index (χ0v) is 9.50. The number of hydrogen-bond donors (Lipinski definition) is 2. The number of nitrogens with zero attached hydrogens (tertiary/aromatic N) is 1. The predicted octanol–water partition coefficient (Wildman–Crippen LogP) is 1.38. The van der Waals surface area contributed by atoms with Gasteiger partial charge in [0, 0.05) is 12.7 Å². The van der Waals surface area contributed by atoms with E-state index in [0.29, 0.717) is 17.3 Å². The molecule has 4 nitrogen and oxygen atoms in total. The van der Waals surface area contributed by atoms with Gasteiger partial charge in [-0.2, -0.15) is 0 Å². The average Bonchev–Trinajstić information content (AvgIpc) is 2.24. The Kier molecular flexibility index (Phi) is 3.12. The maximum Gasteiger partial charge on any atom is 0.252 e. The molecule has 2 N–H and O–H groups in total. The minimum absolute atomic E-state index is 0.232. The number of pyridine rings is 1. The van der Waals surface area contributed by atoms with Gasteiger partial charge < -0.3 is 10.4 Å². The lowest BCUT2D eigenvalue weighted by atomic mass is 9.80. The van der Waals surface area contributed by atoms with Crippen molar-refractivity contribution in [3.63, 3.8) is 0 Å². The summed E-state index contributed by atoms with van der Waals surface area (Å²) in [5, 5.41) is 12.8. The van der Waals surface area contributed by atoms with Crippen LogP contribution in [0.1, 0.15) is 29.6 Å². The summed E-state index contributed by atoms with van der Waals surface area (Å²) < 4.78 is 0. The molecule has 1 aromatic heterocycles. The van der Waals surface area contributed by atoms with Gasteiger partial charge in [-0.15, -0.1) is 0 Å². The second-order valence-electron chi connectivity index (χ2n) is 4.13. The molecule has 1 heterocycles. The van der Waals surface area contributed by atoms with Crippen molar-refractivity contribution in [2.24, 2.45) is 0 Å². The predicted molar refractivity (Wildman–Crippen MR) is 60.4 cm³/mol. The largest absolute Gasteiger partial charge is 0.388 e. The number of halogens is 1. The lowest BCUT2D eigenvalue weighted by Crippen LogP contribution is -2.47. The van der Waals surface area contributed by atoms with Crippen LogP contribution in [0.2, 0.25) is 5.15 Å². The molecule has 0 aromatic carbocycles. The number of amides is 1. The molecule has 0 unspecified atom stereocenters. The molecule has 1 aliphatic carbocycles. The van der Waals surface area contributed by atoms with Gasteiger partial charge in [-0.3, -0.25) is 4.79 Å². The minimum Gasteiger partial charge on any atom is -0.388 e. The summed E-state index contributed by atoms with van der Waals surface area (Å²) in [4.78, 5) is 15.5. The van der Waals surface area contributed by atoms with Gasteiger partial charge in [-0.25, -0.2) is 4.98 Å². The van der Waals surface area contributed by atoms with Crippen molar-refractivity contribution in [1.29, 1.82) is 0 Å². The van der Waals surface area contributed by atoms with Crippen LogP contribution in [0.4, 0.5) is 0 Å². The number of carbonyl (C=O) groups is 1. The van der Waals surface area contributed by atoms with Crippen LogP contribution >= 0.6 is 11.6 Å². The molecule has 0 atom stereocenters. The van der Waals surface area contributed by atoms with Gasteiger partial charge in [0.15, 0.2) is 0 Å². The van der Waals surface area contributed by atoms with Crippen molar-refractivity contribution >= 4 is 17.5 Å². The molecule has 1 amide bonds. The maximum absolute atomic E-state index is 11.6. The van der Waals surface area contributed by atoms with Gasteiger partial charge in [0.2, 0.25) is 0 Å². The van der Waals surface area contributed by atoms with Crippen LogP contribution in [0.3, 0.4) is 0 Å². The second kappa shape index (κ2) is 4.39. The van der Waals surface area contributed by atoms with Gasteiger partial charge in [-0.1, -0.05) is 11.6 Å². The van der Waals surface area contributed by atoms with Crippen molar-refractivity contribution in [1.82, 2.24) is 10.3 Å². The summed E-state index contributed by atoms with van der Waals surface area (Å²) in [6.07, 6.45) is 3.95. The highest BCUT2D eigenvalue weighted by atomic mass is 35.5. The zero-order chi connectivity index (χ0) is 11.6. The molecule has 1 fully saturated rings. The number of aliphatic hydroxyl groups is 1. The number of hydrogen-bond acceptors (Lipinski definition) is 3. The Hall–Kier alpha value is -1.13. The molecule has 0 radical (unpaired) electrons. The molecular formula is C11H13ClN2O2. The monoisotopic (exact) mass is 240 g/mol. The van der Waals surface area contributed by atoms with Crippen LogP contribution in [-0.4, -0.2) is 28.1 Å². The molecule has 1 aromatic rings. The van der Waals surface area contributed by atoms with E-state index in [9.17, 15) is 9.90 Å². The first kappa shape index (κ1) is 11.4. The fourth-order valence-corrected chi connectivity index (χ4v) is 1.73. The Balaban J connectivity index is 1.90. The fourth-order valence-electron chi connectivity index (χ4n) is 1.62. The van der Waals surface area contributed by atoms with E-state index in [1.807, 2.05) is 0 Å². The third-order valence-electron chi connectivity index (χ3n) is 2.85. The number of nitrogens with one attached hydrogen (secondary N) is 1. The summed E-state index contributed by atoms with van der Waals surface area (Å²) in [5.74, 6) is -0.232. The molecule has 16 heavy (non-hydrogen) atoms. The molecular weight excluding hydrogens is 228 g/mol. The molecule has 0 saturated heterocycles. The maximum atomic E-state index is 11.6. The average molecular weight is 241 g/mol. The highest BCUT2D eigenvalue weighted by molar-refractivity contribution is 6.29.